The van der Waals surface area contributed by atoms with Gasteiger partial charge in [0.1, 0.15) is 0 Å². The fraction of sp³-hybridized carbons (Fsp3) is 0.167. The molecule has 0 amide bonds. The molecule has 0 atom stereocenters. The minimum absolute atomic E-state index is 0.571. The Hall–Kier alpha value is -3.44. The Kier molecular flexibility index (Phi) is 4.58. The third-order valence-corrected chi connectivity index (χ3v) is 5.27. The van der Waals surface area contributed by atoms with Gasteiger partial charge in [-0.05, 0) is 53.8 Å². The van der Waals surface area contributed by atoms with Crippen LogP contribution in [0.5, 0.6) is 0 Å². The number of anilines is 2. The molecule has 0 saturated carbocycles. The molecule has 144 valence electrons. The van der Waals surface area contributed by atoms with Crippen LogP contribution >= 0.6 is 0 Å². The zero-order valence-corrected chi connectivity index (χ0v) is 16.3. The number of hydrogen-bond acceptors (Lipinski definition) is 4. The molecular formula is C24H22N4O. The first-order valence-corrected chi connectivity index (χ1v) is 9.78. The van der Waals surface area contributed by atoms with Gasteiger partial charge in [0, 0.05) is 35.7 Å². The second kappa shape index (κ2) is 7.53. The van der Waals surface area contributed by atoms with E-state index in [0.29, 0.717) is 19.2 Å². The lowest BCUT2D eigenvalue weighted by Crippen LogP contribution is -2.00. The van der Waals surface area contributed by atoms with Gasteiger partial charge in [-0.15, -0.1) is 0 Å². The fourth-order valence-electron chi connectivity index (χ4n) is 3.61. The van der Waals surface area contributed by atoms with Crippen molar-refractivity contribution in [2.24, 2.45) is 0 Å². The summed E-state index contributed by atoms with van der Waals surface area (Å²) in [6.07, 6.45) is 8.15. The third kappa shape index (κ3) is 3.65. The molecule has 0 radical (unpaired) electrons. The number of hydrogen-bond donors (Lipinski definition) is 1. The first-order valence-electron chi connectivity index (χ1n) is 9.78. The molecule has 5 heteroatoms. The maximum Gasteiger partial charge on any atom is 0.227 e. The van der Waals surface area contributed by atoms with Crippen LogP contribution in [-0.2, 0) is 17.9 Å². The van der Waals surface area contributed by atoms with Crippen LogP contribution in [0.3, 0.4) is 0 Å². The van der Waals surface area contributed by atoms with Crippen LogP contribution in [-0.4, -0.2) is 21.1 Å². The van der Waals surface area contributed by atoms with E-state index in [9.17, 15) is 0 Å². The molecule has 4 aromatic rings. The summed E-state index contributed by atoms with van der Waals surface area (Å²) in [5.74, 6) is 0.583. The van der Waals surface area contributed by atoms with E-state index in [1.807, 2.05) is 12.1 Å². The van der Waals surface area contributed by atoms with Crippen molar-refractivity contribution in [1.29, 1.82) is 0 Å². The van der Waals surface area contributed by atoms with Gasteiger partial charge in [-0.25, -0.2) is 9.97 Å². The van der Waals surface area contributed by atoms with E-state index in [4.69, 9.17) is 9.72 Å². The molecule has 3 heterocycles. The summed E-state index contributed by atoms with van der Waals surface area (Å²) in [7, 11) is 0. The number of ether oxygens (including phenoxy) is 1. The molecule has 2 aromatic heterocycles. The number of nitrogens with one attached hydrogen (secondary N) is 1. The van der Waals surface area contributed by atoms with E-state index in [2.05, 4.69) is 76.5 Å². The highest BCUT2D eigenvalue weighted by molar-refractivity contribution is 5.85. The minimum Gasteiger partial charge on any atom is -0.373 e. The summed E-state index contributed by atoms with van der Waals surface area (Å²) in [5, 5.41) is 4.55. The summed E-state index contributed by atoms with van der Waals surface area (Å²) in [6, 6.07) is 16.8. The lowest BCUT2D eigenvalue weighted by atomic mass is 10.1. The quantitative estimate of drug-likeness (QED) is 0.423. The normalized spacial score (nSPS) is 15.1. The zero-order chi connectivity index (χ0) is 19.6. The average Bonchev–Trinajstić information content (AvgIpc) is 3.14. The Morgan fingerprint density at radius 3 is 2.97 bits per heavy atom. The van der Waals surface area contributed by atoms with Crippen LogP contribution < -0.4 is 5.32 Å². The van der Waals surface area contributed by atoms with Gasteiger partial charge in [-0.2, -0.15) is 0 Å². The predicted octanol–water partition coefficient (Wildman–Crippen LogP) is 5.24. The van der Waals surface area contributed by atoms with Crippen LogP contribution in [0.4, 0.5) is 11.6 Å². The Balaban J connectivity index is 1.60. The minimum atomic E-state index is 0.571. The number of nitrogens with zero attached hydrogens (tertiary/aromatic N) is 3. The predicted molar refractivity (Wildman–Crippen MR) is 116 cm³/mol. The zero-order valence-electron chi connectivity index (χ0n) is 16.3. The fourth-order valence-corrected chi connectivity index (χ4v) is 3.61. The van der Waals surface area contributed by atoms with Crippen molar-refractivity contribution in [3.63, 3.8) is 0 Å². The highest BCUT2D eigenvalue weighted by Gasteiger charge is 2.08. The number of aryl methyl sites for hydroxylation is 1. The van der Waals surface area contributed by atoms with E-state index in [-0.39, 0.29) is 0 Å². The lowest BCUT2D eigenvalue weighted by molar-refractivity contribution is 0.148. The number of allylic oxidation sites excluding steroid dienone is 1. The first-order chi connectivity index (χ1) is 14.3. The molecule has 29 heavy (non-hydrogen) atoms. The second-order valence-electron chi connectivity index (χ2n) is 7.26. The molecule has 5 rings (SSSR count). The van der Waals surface area contributed by atoms with Crippen LogP contribution in [0.25, 0.3) is 22.2 Å². The van der Waals surface area contributed by atoms with Crippen LogP contribution in [0.1, 0.15) is 11.1 Å². The van der Waals surface area contributed by atoms with Gasteiger partial charge in [-0.1, -0.05) is 30.4 Å². The molecule has 0 fully saturated rings. The molecule has 1 N–H and O–H groups in total. The molecule has 1 aliphatic heterocycles. The summed E-state index contributed by atoms with van der Waals surface area (Å²) >= 11 is 0. The molecule has 0 saturated heterocycles. The molecule has 0 spiro atoms. The number of aromatic nitrogens is 3. The number of benzene rings is 2. The first kappa shape index (κ1) is 17.6. The van der Waals surface area contributed by atoms with Crippen LogP contribution in [0, 0.1) is 6.92 Å². The van der Waals surface area contributed by atoms with Crippen LogP contribution in [0.2, 0.25) is 0 Å². The molecule has 0 aliphatic carbocycles. The van der Waals surface area contributed by atoms with E-state index >= 15 is 0 Å². The van der Waals surface area contributed by atoms with Crippen molar-refractivity contribution < 1.29 is 4.74 Å². The van der Waals surface area contributed by atoms with Crippen molar-refractivity contribution >= 4 is 22.5 Å². The van der Waals surface area contributed by atoms with E-state index in [1.54, 1.807) is 6.20 Å². The maximum absolute atomic E-state index is 5.87. The van der Waals surface area contributed by atoms with E-state index < -0.39 is 0 Å². The van der Waals surface area contributed by atoms with Gasteiger partial charge in [-0.3, -0.25) is 0 Å². The SMILES string of the molecule is Cc1ccc2cc1COC/C=C/Cn1ccc3ccc(cc31)-c1ccnc(n1)N2. The van der Waals surface area contributed by atoms with Gasteiger partial charge >= 0.3 is 0 Å². The third-order valence-electron chi connectivity index (χ3n) is 5.27. The van der Waals surface area contributed by atoms with Crippen molar-refractivity contribution in [2.45, 2.75) is 20.1 Å². The largest absolute Gasteiger partial charge is 0.373 e. The van der Waals surface area contributed by atoms with Gasteiger partial charge < -0.3 is 14.6 Å². The summed E-state index contributed by atoms with van der Waals surface area (Å²) in [5.41, 5.74) is 6.47. The maximum atomic E-state index is 5.87. The summed E-state index contributed by atoms with van der Waals surface area (Å²) < 4.78 is 8.10. The smallest absolute Gasteiger partial charge is 0.227 e. The Morgan fingerprint density at radius 1 is 1.03 bits per heavy atom. The van der Waals surface area contributed by atoms with Crippen molar-refractivity contribution in [3.8, 4) is 11.3 Å². The Morgan fingerprint density at radius 2 is 2.00 bits per heavy atom. The van der Waals surface area contributed by atoms with Crippen LogP contribution in [0.15, 0.2) is 73.1 Å². The van der Waals surface area contributed by atoms with Crippen molar-refractivity contribution in [2.75, 3.05) is 11.9 Å². The summed E-state index contributed by atoms with van der Waals surface area (Å²) in [6.45, 7) is 4.07. The monoisotopic (exact) mass is 382 g/mol. The second-order valence-corrected chi connectivity index (χ2v) is 7.26. The average molecular weight is 382 g/mol. The number of fused-ring (bicyclic) bond motifs is 6. The van der Waals surface area contributed by atoms with Gasteiger partial charge in [0.25, 0.3) is 0 Å². The van der Waals surface area contributed by atoms with Gasteiger partial charge in [0.05, 0.1) is 18.9 Å². The highest BCUT2D eigenvalue weighted by atomic mass is 16.5. The van der Waals surface area contributed by atoms with E-state index in [0.717, 1.165) is 29.1 Å². The Labute approximate surface area is 169 Å². The van der Waals surface area contributed by atoms with Crippen molar-refractivity contribution in [3.05, 3.63) is 84.2 Å². The lowest BCUT2D eigenvalue weighted by Gasteiger charge is -2.11. The highest BCUT2D eigenvalue weighted by Crippen LogP contribution is 2.26. The molecule has 2 aromatic carbocycles. The molecule has 1 aliphatic rings. The molecule has 0 unspecified atom stereocenters. The van der Waals surface area contributed by atoms with Gasteiger partial charge in [0.2, 0.25) is 5.95 Å². The standard InChI is InChI=1S/C24H22N4O/c1-17-4-7-21-14-20(17)16-29-13-3-2-11-28-12-9-18-5-6-19(15-23(18)28)22-8-10-25-24(26-21)27-22/h2-10,12,14-15H,11,13,16H2,1H3,(H,25,26,27)/b3-2+. The number of rotatable bonds is 0. The topological polar surface area (TPSA) is 52.0 Å². The summed E-state index contributed by atoms with van der Waals surface area (Å²) in [4.78, 5) is 9.14. The van der Waals surface area contributed by atoms with Gasteiger partial charge in [0.15, 0.2) is 0 Å². The van der Waals surface area contributed by atoms with E-state index in [1.165, 1.54) is 16.5 Å². The molecular weight excluding hydrogens is 360 g/mol. The van der Waals surface area contributed by atoms with Crippen molar-refractivity contribution in [1.82, 2.24) is 14.5 Å². The molecule has 5 nitrogen and oxygen atoms in total. The Bertz CT molecular complexity index is 1210. The molecule has 6 bridgehead atoms.